The molecule has 0 aromatic heterocycles. The fourth-order valence-corrected chi connectivity index (χ4v) is 1.33. The molecule has 0 spiro atoms. The number of allylic oxidation sites excluding steroid dienone is 2. The van der Waals surface area contributed by atoms with Gasteiger partial charge in [-0.1, -0.05) is 51.4 Å². The van der Waals surface area contributed by atoms with E-state index in [-0.39, 0.29) is 0 Å². The zero-order valence-corrected chi connectivity index (χ0v) is 8.97. The largest absolute Gasteiger partial charge is 0.133 e. The Labute approximate surface area is 78.5 Å². The van der Waals surface area contributed by atoms with Crippen molar-refractivity contribution >= 4 is 6.71 Å². The molecule has 0 aliphatic heterocycles. The van der Waals surface area contributed by atoms with Crippen LogP contribution in [0, 0.1) is 0 Å². The maximum atomic E-state index is 2.31. The summed E-state index contributed by atoms with van der Waals surface area (Å²) in [5, 5.41) is 0. The van der Waals surface area contributed by atoms with E-state index < -0.39 is 0 Å². The first-order valence-electron chi connectivity index (χ1n) is 5.38. The molecule has 0 amide bonds. The highest BCUT2D eigenvalue weighted by Crippen LogP contribution is 2.07. The van der Waals surface area contributed by atoms with Crippen LogP contribution in [0.4, 0.5) is 0 Å². The van der Waals surface area contributed by atoms with Crippen LogP contribution in [0.15, 0.2) is 12.2 Å². The van der Waals surface area contributed by atoms with Gasteiger partial charge in [-0.2, -0.15) is 0 Å². The van der Waals surface area contributed by atoms with Crippen LogP contribution in [0.25, 0.3) is 0 Å². The lowest BCUT2D eigenvalue weighted by Crippen LogP contribution is -1.97. The van der Waals surface area contributed by atoms with E-state index >= 15 is 0 Å². The molecule has 0 aliphatic rings. The van der Waals surface area contributed by atoms with Crippen LogP contribution in [0.1, 0.15) is 39.0 Å². The predicted octanol–water partition coefficient (Wildman–Crippen LogP) is 4.27. The minimum Gasteiger partial charge on any atom is -0.0917 e. The molecule has 0 saturated heterocycles. The first-order chi connectivity index (χ1) is 5.77. The predicted molar refractivity (Wildman–Crippen MR) is 60.2 cm³/mol. The van der Waals surface area contributed by atoms with E-state index in [0.29, 0.717) is 0 Å². The number of rotatable bonds is 7. The number of hydrogen-bond donors (Lipinski definition) is 0. The smallest absolute Gasteiger partial charge is 0.0917 e. The summed E-state index contributed by atoms with van der Waals surface area (Å²) in [5.41, 5.74) is 0. The zero-order chi connectivity index (χ0) is 9.23. The van der Waals surface area contributed by atoms with Crippen LogP contribution >= 0.6 is 0 Å². The highest BCUT2D eigenvalue weighted by atomic mass is 13.9. The lowest BCUT2D eigenvalue weighted by molar-refractivity contribution is 0.672. The molecule has 1 heteroatoms. The summed E-state index contributed by atoms with van der Waals surface area (Å²) >= 11 is 0. The monoisotopic (exact) mass is 166 g/mol. The second kappa shape index (κ2) is 8.90. The Hall–Kier alpha value is -0.195. The van der Waals surface area contributed by atoms with Crippen molar-refractivity contribution in [2.45, 2.75) is 59.0 Å². The van der Waals surface area contributed by atoms with Gasteiger partial charge >= 0.3 is 0 Å². The minimum atomic E-state index is 0.889. The van der Waals surface area contributed by atoms with Crippen molar-refractivity contribution in [1.82, 2.24) is 0 Å². The molecule has 12 heavy (non-hydrogen) atoms. The Balaban J connectivity index is 2.91. The molecule has 0 bridgehead atoms. The van der Waals surface area contributed by atoms with Crippen molar-refractivity contribution in [2.75, 3.05) is 0 Å². The molecule has 0 fully saturated rings. The van der Waals surface area contributed by atoms with Crippen molar-refractivity contribution in [3.8, 4) is 0 Å². The first-order valence-corrected chi connectivity index (χ1v) is 5.38. The summed E-state index contributed by atoms with van der Waals surface area (Å²) in [7, 11) is 0. The van der Waals surface area contributed by atoms with Crippen molar-refractivity contribution < 1.29 is 0 Å². The van der Waals surface area contributed by atoms with Gasteiger partial charge in [0.25, 0.3) is 0 Å². The van der Waals surface area contributed by atoms with Crippen molar-refractivity contribution in [1.29, 1.82) is 0 Å². The summed E-state index contributed by atoms with van der Waals surface area (Å²) in [4.78, 5) is 0. The van der Waals surface area contributed by atoms with Gasteiger partial charge in [-0.05, 0) is 19.8 Å². The lowest BCUT2D eigenvalue weighted by atomic mass is 9.51. The fourth-order valence-electron chi connectivity index (χ4n) is 1.33. The van der Waals surface area contributed by atoms with Crippen LogP contribution in [-0.2, 0) is 0 Å². The Kier molecular flexibility index (Phi) is 8.75. The molecular formula is C11H23B. The molecule has 0 heterocycles. The summed E-state index contributed by atoms with van der Waals surface area (Å²) in [6, 6.07) is 0. The fraction of sp³-hybridized carbons (Fsp3) is 0.818. The molecule has 0 aromatic carbocycles. The van der Waals surface area contributed by atoms with E-state index in [9.17, 15) is 0 Å². The third-order valence-corrected chi connectivity index (χ3v) is 2.14. The molecule has 0 saturated carbocycles. The Bertz CT molecular complexity index is 106. The topological polar surface area (TPSA) is 0 Å². The van der Waals surface area contributed by atoms with Gasteiger partial charge in [-0.3, -0.25) is 0 Å². The summed E-state index contributed by atoms with van der Waals surface area (Å²) in [6.45, 7) is 7.60. The van der Waals surface area contributed by atoms with Gasteiger partial charge in [-0.25, -0.2) is 0 Å². The molecule has 0 aromatic rings. The summed E-state index contributed by atoms with van der Waals surface area (Å²) in [5.74, 6) is 0. The molecule has 0 N–H and O–H groups in total. The molecule has 0 rings (SSSR count). The second-order valence-corrected chi connectivity index (χ2v) is 3.95. The van der Waals surface area contributed by atoms with Crippen molar-refractivity contribution in [2.24, 2.45) is 0 Å². The quantitative estimate of drug-likeness (QED) is 0.301. The van der Waals surface area contributed by atoms with Crippen molar-refractivity contribution in [3.63, 3.8) is 0 Å². The molecule has 70 valence electrons. The SMILES string of the molecule is CC=CCCCCCCB(C)C. The van der Waals surface area contributed by atoms with Crippen LogP contribution in [-0.4, -0.2) is 6.71 Å². The highest BCUT2D eigenvalue weighted by molar-refractivity contribution is 6.55. The third kappa shape index (κ3) is 9.80. The molecule has 0 atom stereocenters. The highest BCUT2D eigenvalue weighted by Gasteiger charge is 1.96. The molecule has 0 nitrogen and oxygen atoms in total. The molecular weight excluding hydrogens is 143 g/mol. The van der Waals surface area contributed by atoms with Gasteiger partial charge in [0.1, 0.15) is 6.71 Å². The van der Waals surface area contributed by atoms with E-state index in [1.165, 1.54) is 38.4 Å². The van der Waals surface area contributed by atoms with E-state index in [4.69, 9.17) is 0 Å². The van der Waals surface area contributed by atoms with Gasteiger partial charge in [0.2, 0.25) is 0 Å². The summed E-state index contributed by atoms with van der Waals surface area (Å²) in [6.07, 6.45) is 12.7. The standard InChI is InChI=1S/C11H23B/c1-4-5-6-7-8-9-10-11-12(2)3/h4-5H,6-11H2,1-3H3. The number of unbranched alkanes of at least 4 members (excludes halogenated alkanes) is 4. The van der Waals surface area contributed by atoms with Gasteiger partial charge in [0, 0.05) is 0 Å². The van der Waals surface area contributed by atoms with Gasteiger partial charge in [0.05, 0.1) is 0 Å². The van der Waals surface area contributed by atoms with Gasteiger partial charge in [0.15, 0.2) is 0 Å². The number of hydrogen-bond acceptors (Lipinski definition) is 0. The van der Waals surface area contributed by atoms with Crippen molar-refractivity contribution in [3.05, 3.63) is 12.2 Å². The average molecular weight is 166 g/mol. The van der Waals surface area contributed by atoms with Crippen LogP contribution in [0.2, 0.25) is 20.0 Å². The van der Waals surface area contributed by atoms with E-state index in [1.807, 2.05) is 0 Å². The normalized spacial score (nSPS) is 10.9. The molecule has 0 radical (unpaired) electrons. The Morgan fingerprint density at radius 1 is 1.00 bits per heavy atom. The first kappa shape index (κ1) is 11.8. The van der Waals surface area contributed by atoms with E-state index in [0.717, 1.165) is 6.71 Å². The van der Waals surface area contributed by atoms with E-state index in [2.05, 4.69) is 32.7 Å². The summed E-state index contributed by atoms with van der Waals surface area (Å²) < 4.78 is 0. The van der Waals surface area contributed by atoms with E-state index in [1.54, 1.807) is 0 Å². The second-order valence-electron chi connectivity index (χ2n) is 3.95. The maximum absolute atomic E-state index is 2.31. The van der Waals surface area contributed by atoms with Crippen LogP contribution < -0.4 is 0 Å². The van der Waals surface area contributed by atoms with Gasteiger partial charge in [-0.15, -0.1) is 0 Å². The minimum absolute atomic E-state index is 0.889. The zero-order valence-electron chi connectivity index (χ0n) is 8.97. The molecule has 0 unspecified atom stereocenters. The van der Waals surface area contributed by atoms with Crippen LogP contribution in [0.5, 0.6) is 0 Å². The van der Waals surface area contributed by atoms with Crippen LogP contribution in [0.3, 0.4) is 0 Å². The molecule has 0 aliphatic carbocycles. The lowest BCUT2D eigenvalue weighted by Gasteiger charge is -2.00. The van der Waals surface area contributed by atoms with Gasteiger partial charge < -0.3 is 0 Å². The Morgan fingerprint density at radius 2 is 1.67 bits per heavy atom. The Morgan fingerprint density at radius 3 is 2.25 bits per heavy atom. The maximum Gasteiger partial charge on any atom is 0.133 e. The third-order valence-electron chi connectivity index (χ3n) is 2.14. The average Bonchev–Trinajstić information content (AvgIpc) is 2.02.